The van der Waals surface area contributed by atoms with Crippen molar-refractivity contribution in [3.05, 3.63) is 47.5 Å². The third-order valence-corrected chi connectivity index (χ3v) is 4.30. The molecule has 4 heteroatoms. The van der Waals surface area contributed by atoms with Crippen LogP contribution in [-0.4, -0.2) is 36.0 Å². The van der Waals surface area contributed by atoms with Crippen LogP contribution in [0, 0.1) is 5.92 Å². The normalized spacial score (nSPS) is 21.8. The van der Waals surface area contributed by atoms with Gasteiger partial charge in [0.05, 0.1) is 23.8 Å². The maximum Gasteiger partial charge on any atom is 0.261 e. The van der Waals surface area contributed by atoms with Gasteiger partial charge in [-0.2, -0.15) is 0 Å². The van der Waals surface area contributed by atoms with Crippen LogP contribution in [0.5, 0.6) is 0 Å². The molecule has 2 heterocycles. The van der Waals surface area contributed by atoms with E-state index in [2.05, 4.69) is 0 Å². The number of hydrogen-bond acceptors (Lipinski definition) is 3. The first-order valence-corrected chi connectivity index (χ1v) is 7.16. The van der Waals surface area contributed by atoms with E-state index in [1.807, 2.05) is 43.3 Å². The molecule has 1 fully saturated rings. The van der Waals surface area contributed by atoms with Gasteiger partial charge >= 0.3 is 0 Å². The van der Waals surface area contributed by atoms with Crippen LogP contribution in [0.4, 0.5) is 0 Å². The maximum absolute atomic E-state index is 12.5. The Bertz CT molecular complexity index is 709. The fraction of sp³-hybridized carbons (Fsp3) is 0.294. The van der Waals surface area contributed by atoms with Gasteiger partial charge in [-0.25, -0.2) is 0 Å². The lowest BCUT2D eigenvalue weighted by molar-refractivity contribution is 0.0625. The standard InChI is InChI=1S/C17H15NO3/c1-10(15-9-21-15)8-18-16(19)13-6-11-4-2-3-5-12(11)7-14(13)17(18)20/h2-7,10,15H,8-9H2,1H3. The molecule has 2 atom stereocenters. The van der Waals surface area contributed by atoms with E-state index in [1.165, 1.54) is 4.90 Å². The average Bonchev–Trinajstić information content (AvgIpc) is 3.31. The minimum absolute atomic E-state index is 0.182. The first-order chi connectivity index (χ1) is 10.1. The van der Waals surface area contributed by atoms with Crippen molar-refractivity contribution in [1.29, 1.82) is 0 Å². The summed E-state index contributed by atoms with van der Waals surface area (Å²) in [5.41, 5.74) is 1.03. The third kappa shape index (κ3) is 1.94. The number of hydrogen-bond donors (Lipinski definition) is 0. The number of amides is 2. The van der Waals surface area contributed by atoms with E-state index >= 15 is 0 Å². The Balaban J connectivity index is 1.73. The maximum atomic E-state index is 12.5. The van der Waals surface area contributed by atoms with Gasteiger partial charge < -0.3 is 4.74 Å². The topological polar surface area (TPSA) is 49.9 Å². The van der Waals surface area contributed by atoms with Crippen LogP contribution in [0.2, 0.25) is 0 Å². The molecule has 2 amide bonds. The zero-order valence-corrected chi connectivity index (χ0v) is 11.7. The zero-order valence-electron chi connectivity index (χ0n) is 11.7. The van der Waals surface area contributed by atoms with Crippen molar-refractivity contribution in [2.75, 3.05) is 13.2 Å². The molecule has 2 aromatic rings. The fourth-order valence-electron chi connectivity index (χ4n) is 2.93. The van der Waals surface area contributed by atoms with Gasteiger partial charge in [-0.1, -0.05) is 31.2 Å². The first-order valence-electron chi connectivity index (χ1n) is 7.16. The second-order valence-corrected chi connectivity index (χ2v) is 5.81. The predicted octanol–water partition coefficient (Wildman–Crippen LogP) is 2.47. The minimum Gasteiger partial charge on any atom is -0.373 e. The SMILES string of the molecule is CC(CN1C(=O)c2cc3ccccc3cc2C1=O)C1CO1. The van der Waals surface area contributed by atoms with Crippen LogP contribution in [-0.2, 0) is 4.74 Å². The van der Waals surface area contributed by atoms with Crippen LogP contribution in [0.1, 0.15) is 27.6 Å². The number of fused-ring (bicyclic) bond motifs is 2. The van der Waals surface area contributed by atoms with Crippen molar-refractivity contribution < 1.29 is 14.3 Å². The summed E-state index contributed by atoms with van der Waals surface area (Å²) in [7, 11) is 0. The van der Waals surface area contributed by atoms with Gasteiger partial charge in [0, 0.05) is 12.5 Å². The summed E-state index contributed by atoms with van der Waals surface area (Å²) in [6, 6.07) is 11.4. The van der Waals surface area contributed by atoms with Gasteiger partial charge in [-0.05, 0) is 22.9 Å². The smallest absolute Gasteiger partial charge is 0.261 e. The second kappa shape index (κ2) is 4.40. The van der Waals surface area contributed by atoms with Gasteiger partial charge in [-0.3, -0.25) is 14.5 Å². The Morgan fingerprint density at radius 2 is 1.67 bits per heavy atom. The monoisotopic (exact) mass is 281 g/mol. The Hall–Kier alpha value is -2.20. The quantitative estimate of drug-likeness (QED) is 0.641. The van der Waals surface area contributed by atoms with Gasteiger partial charge in [0.1, 0.15) is 0 Å². The third-order valence-electron chi connectivity index (χ3n) is 4.30. The van der Waals surface area contributed by atoms with E-state index in [9.17, 15) is 9.59 Å². The van der Waals surface area contributed by atoms with Crippen LogP contribution >= 0.6 is 0 Å². The van der Waals surface area contributed by atoms with Crippen LogP contribution in [0.25, 0.3) is 10.8 Å². The highest BCUT2D eigenvalue weighted by atomic mass is 16.6. The second-order valence-electron chi connectivity index (χ2n) is 5.81. The van der Waals surface area contributed by atoms with Crippen molar-refractivity contribution in [2.45, 2.75) is 13.0 Å². The number of ether oxygens (including phenoxy) is 1. The van der Waals surface area contributed by atoms with E-state index in [4.69, 9.17) is 4.74 Å². The van der Waals surface area contributed by atoms with Crippen LogP contribution in [0.15, 0.2) is 36.4 Å². The lowest BCUT2D eigenvalue weighted by Gasteiger charge is -2.17. The van der Waals surface area contributed by atoms with Gasteiger partial charge in [0.2, 0.25) is 0 Å². The summed E-state index contributed by atoms with van der Waals surface area (Å²) in [5.74, 6) is -0.192. The molecule has 0 saturated carbocycles. The van der Waals surface area contributed by atoms with E-state index < -0.39 is 0 Å². The number of rotatable bonds is 3. The van der Waals surface area contributed by atoms with Gasteiger partial charge in [0.25, 0.3) is 11.8 Å². The lowest BCUT2D eigenvalue weighted by Crippen LogP contribution is -2.35. The molecule has 2 aromatic carbocycles. The number of carbonyl (C=O) groups excluding carboxylic acids is 2. The van der Waals surface area contributed by atoms with E-state index in [1.54, 1.807) is 0 Å². The summed E-state index contributed by atoms with van der Waals surface area (Å²) in [5, 5.41) is 1.97. The molecule has 0 spiro atoms. The molecule has 0 radical (unpaired) electrons. The van der Waals surface area contributed by atoms with Crippen LogP contribution < -0.4 is 0 Å². The molecule has 1 saturated heterocycles. The average molecular weight is 281 g/mol. The zero-order chi connectivity index (χ0) is 14.6. The molecule has 4 nitrogen and oxygen atoms in total. The number of carbonyl (C=O) groups is 2. The van der Waals surface area contributed by atoms with Crippen molar-refractivity contribution in [3.63, 3.8) is 0 Å². The molecule has 2 aliphatic rings. The summed E-state index contributed by atoms with van der Waals surface area (Å²) >= 11 is 0. The summed E-state index contributed by atoms with van der Waals surface area (Å²) in [6.07, 6.45) is 0.188. The highest BCUT2D eigenvalue weighted by Gasteiger charge is 2.39. The molecular formula is C17H15NO3. The van der Waals surface area contributed by atoms with Crippen LogP contribution in [0.3, 0.4) is 0 Å². The highest BCUT2D eigenvalue weighted by molar-refractivity contribution is 6.23. The minimum atomic E-state index is -0.187. The van der Waals surface area contributed by atoms with Gasteiger partial charge in [0.15, 0.2) is 0 Å². The molecule has 21 heavy (non-hydrogen) atoms. The van der Waals surface area contributed by atoms with E-state index in [0.29, 0.717) is 17.7 Å². The molecule has 0 aromatic heterocycles. The number of imide groups is 1. The van der Waals surface area contributed by atoms with E-state index in [-0.39, 0.29) is 23.8 Å². The van der Waals surface area contributed by atoms with Crippen molar-refractivity contribution >= 4 is 22.6 Å². The first kappa shape index (κ1) is 12.5. The molecule has 4 rings (SSSR count). The Labute approximate surface area is 122 Å². The largest absolute Gasteiger partial charge is 0.373 e. The molecular weight excluding hydrogens is 266 g/mol. The number of nitrogens with zero attached hydrogens (tertiary/aromatic N) is 1. The molecule has 0 aliphatic carbocycles. The van der Waals surface area contributed by atoms with Gasteiger partial charge in [-0.15, -0.1) is 0 Å². The highest BCUT2D eigenvalue weighted by Crippen LogP contribution is 2.30. The molecule has 0 bridgehead atoms. The Morgan fingerprint density at radius 3 is 2.14 bits per heavy atom. The van der Waals surface area contributed by atoms with Crippen molar-refractivity contribution in [2.24, 2.45) is 5.92 Å². The van der Waals surface area contributed by atoms with Crippen molar-refractivity contribution in [1.82, 2.24) is 4.90 Å². The van der Waals surface area contributed by atoms with E-state index in [0.717, 1.165) is 17.4 Å². The Morgan fingerprint density at radius 1 is 1.14 bits per heavy atom. The Kier molecular flexibility index (Phi) is 2.62. The molecule has 106 valence electrons. The molecule has 0 N–H and O–H groups in total. The summed E-state index contributed by atoms with van der Waals surface area (Å²) in [6.45, 7) is 3.17. The van der Waals surface area contributed by atoms with Crippen molar-refractivity contribution in [3.8, 4) is 0 Å². The summed E-state index contributed by atoms with van der Waals surface area (Å²) < 4.78 is 5.24. The number of epoxide rings is 1. The predicted molar refractivity (Wildman–Crippen MR) is 78.2 cm³/mol. The summed E-state index contributed by atoms with van der Waals surface area (Å²) in [4.78, 5) is 26.3. The molecule has 2 unspecified atom stereocenters. The molecule has 2 aliphatic heterocycles. The fourth-order valence-corrected chi connectivity index (χ4v) is 2.93. The lowest BCUT2D eigenvalue weighted by atomic mass is 10.0. The number of benzene rings is 2.